The van der Waals surface area contributed by atoms with Crippen LogP contribution in [0.5, 0.6) is 5.75 Å². The van der Waals surface area contributed by atoms with E-state index in [0.29, 0.717) is 42.6 Å². The van der Waals surface area contributed by atoms with Gasteiger partial charge in [-0.1, -0.05) is 0 Å². The Morgan fingerprint density at radius 3 is 2.85 bits per heavy atom. The number of fused-ring (bicyclic) bond motifs is 3. The number of rotatable bonds is 3. The third-order valence-electron chi connectivity index (χ3n) is 5.41. The largest absolute Gasteiger partial charge is 0.493 e. The number of methoxy groups -OCH3 is 1. The second kappa shape index (κ2) is 6.43. The lowest BCUT2D eigenvalue weighted by atomic mass is 9.85. The van der Waals surface area contributed by atoms with E-state index in [2.05, 4.69) is 0 Å². The number of aryl methyl sites for hydroxylation is 2. The number of nitrogens with zero attached hydrogens (tertiary/aromatic N) is 1. The van der Waals surface area contributed by atoms with Gasteiger partial charge in [0.2, 0.25) is 0 Å². The van der Waals surface area contributed by atoms with Crippen LogP contribution in [0.3, 0.4) is 0 Å². The first-order valence-electron chi connectivity index (χ1n) is 8.78. The van der Waals surface area contributed by atoms with Gasteiger partial charge in [-0.25, -0.2) is 4.39 Å². The third kappa shape index (κ3) is 2.69. The summed E-state index contributed by atoms with van der Waals surface area (Å²) in [5, 5.41) is 0. The van der Waals surface area contributed by atoms with E-state index in [1.807, 2.05) is 11.8 Å². The lowest BCUT2D eigenvalue weighted by molar-refractivity contribution is 0.0669. The molecular formula is C20H22FNO4. The van der Waals surface area contributed by atoms with Crippen molar-refractivity contribution in [3.05, 3.63) is 52.7 Å². The zero-order valence-electron chi connectivity index (χ0n) is 15.1. The lowest BCUT2D eigenvalue weighted by Gasteiger charge is -2.34. The maximum atomic E-state index is 13.9. The lowest BCUT2D eigenvalue weighted by Crippen LogP contribution is -2.35. The molecule has 5 nitrogen and oxygen atoms in total. The van der Waals surface area contributed by atoms with Crippen molar-refractivity contribution in [2.75, 3.05) is 26.9 Å². The van der Waals surface area contributed by atoms with E-state index in [1.54, 1.807) is 26.2 Å². The highest BCUT2D eigenvalue weighted by atomic mass is 19.1. The first-order chi connectivity index (χ1) is 12.5. The van der Waals surface area contributed by atoms with Crippen LogP contribution in [0.1, 0.15) is 33.5 Å². The summed E-state index contributed by atoms with van der Waals surface area (Å²) in [5.74, 6) is 1.74. The molecule has 3 heterocycles. The van der Waals surface area contributed by atoms with Gasteiger partial charge in [0.25, 0.3) is 5.91 Å². The summed E-state index contributed by atoms with van der Waals surface area (Å²) in [6, 6.07) is 6.05. The molecule has 0 spiro atoms. The van der Waals surface area contributed by atoms with Crippen molar-refractivity contribution in [1.29, 1.82) is 0 Å². The maximum absolute atomic E-state index is 13.9. The minimum atomic E-state index is -0.328. The van der Waals surface area contributed by atoms with Crippen LogP contribution in [0.25, 0.3) is 0 Å². The molecule has 4 rings (SSSR count). The summed E-state index contributed by atoms with van der Waals surface area (Å²) >= 11 is 0. The van der Waals surface area contributed by atoms with Crippen molar-refractivity contribution in [2.45, 2.75) is 19.9 Å². The average Bonchev–Trinajstić information content (AvgIpc) is 3.14. The average molecular weight is 359 g/mol. The Morgan fingerprint density at radius 2 is 2.15 bits per heavy atom. The predicted octanol–water partition coefficient (Wildman–Crippen LogP) is 3.50. The van der Waals surface area contributed by atoms with Gasteiger partial charge in [-0.2, -0.15) is 0 Å². The Bertz CT molecular complexity index is 846. The molecular weight excluding hydrogens is 337 g/mol. The molecule has 138 valence electrons. The quantitative estimate of drug-likeness (QED) is 0.842. The van der Waals surface area contributed by atoms with Gasteiger partial charge < -0.3 is 18.8 Å². The molecule has 0 radical (unpaired) electrons. The molecule has 0 unspecified atom stereocenters. The number of hydrogen-bond donors (Lipinski definition) is 0. The van der Waals surface area contributed by atoms with E-state index in [1.165, 1.54) is 12.1 Å². The van der Waals surface area contributed by atoms with Crippen molar-refractivity contribution < 1.29 is 23.1 Å². The smallest absolute Gasteiger partial charge is 0.257 e. The van der Waals surface area contributed by atoms with Crippen LogP contribution in [0.15, 0.2) is 28.7 Å². The predicted molar refractivity (Wildman–Crippen MR) is 92.7 cm³/mol. The Balaban J connectivity index is 1.76. The van der Waals surface area contributed by atoms with Crippen LogP contribution in [0.4, 0.5) is 4.39 Å². The van der Waals surface area contributed by atoms with E-state index in [0.717, 1.165) is 5.56 Å². The van der Waals surface area contributed by atoms with Gasteiger partial charge in [0, 0.05) is 31.1 Å². The number of hydrogen-bond acceptors (Lipinski definition) is 4. The normalized spacial score (nSPS) is 24.2. The Labute approximate surface area is 151 Å². The van der Waals surface area contributed by atoms with E-state index in [-0.39, 0.29) is 29.6 Å². The maximum Gasteiger partial charge on any atom is 0.257 e. The molecule has 26 heavy (non-hydrogen) atoms. The first kappa shape index (κ1) is 17.1. The Hall–Kier alpha value is -2.34. The molecule has 0 N–H and O–H groups in total. The van der Waals surface area contributed by atoms with Gasteiger partial charge in [-0.15, -0.1) is 0 Å². The van der Waals surface area contributed by atoms with Crippen LogP contribution in [-0.4, -0.2) is 37.7 Å². The number of carbonyl (C=O) groups excluding carboxylic acids is 1. The van der Waals surface area contributed by atoms with Crippen molar-refractivity contribution in [2.24, 2.45) is 11.8 Å². The number of furan rings is 1. The topological polar surface area (TPSA) is 51.9 Å². The van der Waals surface area contributed by atoms with Crippen LogP contribution in [0, 0.1) is 31.5 Å². The van der Waals surface area contributed by atoms with E-state index < -0.39 is 0 Å². The number of amides is 1. The molecule has 0 saturated carbocycles. The Morgan fingerprint density at radius 1 is 1.35 bits per heavy atom. The molecule has 1 amide bonds. The number of likely N-dealkylation sites (tertiary alicyclic amines) is 1. The number of ether oxygens (including phenoxy) is 2. The molecule has 1 saturated heterocycles. The van der Waals surface area contributed by atoms with Crippen LogP contribution >= 0.6 is 0 Å². The van der Waals surface area contributed by atoms with E-state index in [9.17, 15) is 9.18 Å². The summed E-state index contributed by atoms with van der Waals surface area (Å²) in [6.07, 6.45) is 0. The minimum absolute atomic E-state index is 0.0708. The highest BCUT2D eigenvalue weighted by Crippen LogP contribution is 2.48. The van der Waals surface area contributed by atoms with Gasteiger partial charge >= 0.3 is 0 Å². The van der Waals surface area contributed by atoms with Crippen LogP contribution in [-0.2, 0) is 4.74 Å². The standard InChI is InChI=1S/C20H22FNO4/c1-11-6-15(12(2)26-11)20(23)22-8-13(9-24-3)17-10-25-18-5-4-14(21)7-16(18)19(17)22/h4-7,13,17,19H,8-10H2,1-3H3/t13-,17-,19-/m0/s1. The number of halogens is 1. The fraction of sp³-hybridized carbons (Fsp3) is 0.450. The van der Waals surface area contributed by atoms with Crippen LogP contribution in [0.2, 0.25) is 0 Å². The van der Waals surface area contributed by atoms with Crippen molar-refractivity contribution in [1.82, 2.24) is 4.90 Å². The summed E-state index contributed by atoms with van der Waals surface area (Å²) in [6.45, 7) is 5.18. The van der Waals surface area contributed by atoms with Gasteiger partial charge in [0.1, 0.15) is 23.1 Å². The molecule has 2 aliphatic rings. The summed E-state index contributed by atoms with van der Waals surface area (Å²) in [5.41, 5.74) is 1.29. The molecule has 0 bridgehead atoms. The van der Waals surface area contributed by atoms with Gasteiger partial charge in [-0.05, 0) is 38.1 Å². The minimum Gasteiger partial charge on any atom is -0.493 e. The zero-order valence-corrected chi connectivity index (χ0v) is 15.1. The SMILES string of the molecule is COC[C@@H]1CN(C(=O)c2cc(C)oc2C)[C@H]2c3cc(F)ccc3OC[C@@H]12. The summed E-state index contributed by atoms with van der Waals surface area (Å²) in [7, 11) is 1.65. The van der Waals surface area contributed by atoms with Gasteiger partial charge in [0.15, 0.2) is 0 Å². The van der Waals surface area contributed by atoms with Crippen molar-refractivity contribution >= 4 is 5.91 Å². The Kier molecular flexibility index (Phi) is 4.23. The molecule has 2 aliphatic heterocycles. The molecule has 1 aromatic carbocycles. The highest BCUT2D eigenvalue weighted by molar-refractivity contribution is 5.96. The fourth-order valence-corrected chi connectivity index (χ4v) is 4.28. The third-order valence-corrected chi connectivity index (χ3v) is 5.41. The van der Waals surface area contributed by atoms with Crippen molar-refractivity contribution in [3.63, 3.8) is 0 Å². The molecule has 6 heteroatoms. The monoisotopic (exact) mass is 359 g/mol. The summed E-state index contributed by atoms with van der Waals surface area (Å²) in [4.78, 5) is 15.1. The second-order valence-electron chi connectivity index (χ2n) is 7.10. The fourth-order valence-electron chi connectivity index (χ4n) is 4.28. The van der Waals surface area contributed by atoms with E-state index in [4.69, 9.17) is 13.9 Å². The molecule has 2 aromatic rings. The molecule has 3 atom stereocenters. The molecule has 1 fully saturated rings. The van der Waals surface area contributed by atoms with Gasteiger partial charge in [-0.3, -0.25) is 4.79 Å². The van der Waals surface area contributed by atoms with E-state index >= 15 is 0 Å². The number of benzene rings is 1. The number of carbonyl (C=O) groups is 1. The molecule has 0 aliphatic carbocycles. The zero-order chi connectivity index (χ0) is 18.4. The summed E-state index contributed by atoms with van der Waals surface area (Å²) < 4.78 is 30.7. The van der Waals surface area contributed by atoms with Crippen LogP contribution < -0.4 is 4.74 Å². The second-order valence-corrected chi connectivity index (χ2v) is 7.10. The molecule has 1 aromatic heterocycles. The van der Waals surface area contributed by atoms with Gasteiger partial charge in [0.05, 0.1) is 24.8 Å². The van der Waals surface area contributed by atoms with Crippen molar-refractivity contribution in [3.8, 4) is 5.75 Å². The first-order valence-corrected chi connectivity index (χ1v) is 8.78. The highest BCUT2D eigenvalue weighted by Gasteiger charge is 2.48.